The molecule has 5 nitrogen and oxygen atoms in total. The van der Waals surface area contributed by atoms with Gasteiger partial charge in [0, 0.05) is 24.4 Å². The summed E-state index contributed by atoms with van der Waals surface area (Å²) < 4.78 is 23.1. The summed E-state index contributed by atoms with van der Waals surface area (Å²) in [6.45, 7) is 1.93. The number of benzene rings is 1. The Kier molecular flexibility index (Phi) is 4.61. The van der Waals surface area contributed by atoms with Gasteiger partial charge in [-0.2, -0.15) is 0 Å². The zero-order valence-electron chi connectivity index (χ0n) is 12.4. The molecule has 2 rings (SSSR count). The first kappa shape index (κ1) is 16.2. The number of phenols is 1. The molecule has 1 aromatic heterocycles. The van der Waals surface area contributed by atoms with Gasteiger partial charge in [0.15, 0.2) is 15.6 Å². The Labute approximate surface area is 129 Å². The van der Waals surface area contributed by atoms with Crippen LogP contribution in [0, 0.1) is 0 Å². The first-order chi connectivity index (χ1) is 10.3. The molecule has 0 radical (unpaired) electrons. The number of nitrogens with zero attached hydrogens (tertiary/aromatic N) is 1. The number of Topliss-reactive ketones (excluding diaryl/α,β-unsaturated/α-hetero) is 1. The van der Waals surface area contributed by atoms with Crippen molar-refractivity contribution in [2.24, 2.45) is 0 Å². The molecule has 0 aliphatic heterocycles. The smallest absolute Gasteiger partial charge is 0.185 e. The van der Waals surface area contributed by atoms with E-state index in [1.54, 1.807) is 12.3 Å². The molecular weight excluding hydrogens is 302 g/mol. The van der Waals surface area contributed by atoms with Crippen molar-refractivity contribution < 1.29 is 18.3 Å². The summed E-state index contributed by atoms with van der Waals surface area (Å²) in [5.74, 6) is -0.354. The van der Waals surface area contributed by atoms with E-state index < -0.39 is 9.84 Å². The van der Waals surface area contributed by atoms with E-state index in [0.717, 1.165) is 11.8 Å². The summed E-state index contributed by atoms with van der Waals surface area (Å²) in [5.41, 5.74) is 1.46. The predicted octanol–water partition coefficient (Wildman–Crippen LogP) is 2.18. The van der Waals surface area contributed by atoms with E-state index in [1.165, 1.54) is 18.2 Å². The van der Waals surface area contributed by atoms with E-state index in [0.29, 0.717) is 12.1 Å². The maximum Gasteiger partial charge on any atom is 0.185 e. The van der Waals surface area contributed by atoms with Crippen LogP contribution >= 0.6 is 0 Å². The Morgan fingerprint density at radius 2 is 1.95 bits per heavy atom. The fourth-order valence-corrected chi connectivity index (χ4v) is 2.84. The molecule has 1 aromatic carbocycles. The third-order valence-electron chi connectivity index (χ3n) is 3.37. The molecule has 0 fully saturated rings. The molecular formula is C16H17NO4S. The molecule has 1 heterocycles. The minimum atomic E-state index is -3.39. The maximum absolute atomic E-state index is 12.4. The molecule has 6 heteroatoms. The number of rotatable bonds is 5. The van der Waals surface area contributed by atoms with Gasteiger partial charge in [-0.3, -0.25) is 9.78 Å². The van der Waals surface area contributed by atoms with E-state index in [1.807, 2.05) is 13.0 Å². The summed E-state index contributed by atoms with van der Waals surface area (Å²) >= 11 is 0. The van der Waals surface area contributed by atoms with Crippen LogP contribution in [0.2, 0.25) is 0 Å². The molecule has 0 aliphatic carbocycles. The predicted molar refractivity (Wildman–Crippen MR) is 82.9 cm³/mol. The zero-order chi connectivity index (χ0) is 16.3. The fourth-order valence-electron chi connectivity index (χ4n) is 2.17. The maximum atomic E-state index is 12.4. The van der Waals surface area contributed by atoms with Gasteiger partial charge in [0.05, 0.1) is 4.90 Å². The average molecular weight is 319 g/mol. The number of hydrogen-bond acceptors (Lipinski definition) is 5. The SMILES string of the molecule is CCc1cccnc1C(=O)Cc1cc(S(C)(=O)=O)ccc1O. The van der Waals surface area contributed by atoms with Gasteiger partial charge in [-0.1, -0.05) is 13.0 Å². The van der Waals surface area contributed by atoms with Gasteiger partial charge in [0.25, 0.3) is 0 Å². The molecule has 2 aromatic rings. The molecule has 22 heavy (non-hydrogen) atoms. The van der Waals surface area contributed by atoms with Crippen LogP contribution in [0.4, 0.5) is 0 Å². The van der Waals surface area contributed by atoms with E-state index >= 15 is 0 Å². The van der Waals surface area contributed by atoms with Crippen LogP contribution in [0.25, 0.3) is 0 Å². The number of aromatic nitrogens is 1. The summed E-state index contributed by atoms with van der Waals surface area (Å²) in [7, 11) is -3.39. The fraction of sp³-hybridized carbons (Fsp3) is 0.250. The van der Waals surface area contributed by atoms with Gasteiger partial charge >= 0.3 is 0 Å². The Balaban J connectivity index is 2.36. The summed E-state index contributed by atoms with van der Waals surface area (Å²) in [6.07, 6.45) is 3.20. The van der Waals surface area contributed by atoms with Crippen molar-refractivity contribution in [3.63, 3.8) is 0 Å². The van der Waals surface area contributed by atoms with Crippen molar-refractivity contribution in [1.82, 2.24) is 4.98 Å². The third-order valence-corrected chi connectivity index (χ3v) is 4.48. The first-order valence-electron chi connectivity index (χ1n) is 6.82. The standard InChI is InChI=1S/C16H17NO4S/c1-3-11-5-4-8-17-16(11)15(19)10-12-9-13(22(2,20)21)6-7-14(12)18/h4-9,18H,3,10H2,1-2H3. The molecule has 0 bridgehead atoms. The van der Waals surface area contributed by atoms with Crippen LogP contribution in [0.15, 0.2) is 41.4 Å². The Bertz CT molecular complexity index is 813. The largest absolute Gasteiger partial charge is 0.508 e. The average Bonchev–Trinajstić information content (AvgIpc) is 2.48. The second-order valence-electron chi connectivity index (χ2n) is 5.03. The molecule has 0 saturated carbocycles. The lowest BCUT2D eigenvalue weighted by Gasteiger charge is -2.08. The number of ketones is 1. The van der Waals surface area contributed by atoms with E-state index in [9.17, 15) is 18.3 Å². The molecule has 116 valence electrons. The minimum absolute atomic E-state index is 0.0739. The number of carbonyl (C=O) groups excluding carboxylic acids is 1. The number of pyridine rings is 1. The van der Waals surface area contributed by atoms with Crippen LogP contribution in [0.3, 0.4) is 0 Å². The van der Waals surface area contributed by atoms with Gasteiger partial charge in [0.1, 0.15) is 11.4 Å². The number of phenolic OH excluding ortho intramolecular Hbond substituents is 1. The van der Waals surface area contributed by atoms with Crippen LogP contribution in [0.1, 0.15) is 28.5 Å². The van der Waals surface area contributed by atoms with Crippen molar-refractivity contribution in [3.05, 3.63) is 53.3 Å². The van der Waals surface area contributed by atoms with Crippen LogP contribution in [0.5, 0.6) is 5.75 Å². The van der Waals surface area contributed by atoms with Crippen molar-refractivity contribution in [2.45, 2.75) is 24.7 Å². The van der Waals surface area contributed by atoms with Crippen molar-refractivity contribution >= 4 is 15.6 Å². The molecule has 0 amide bonds. The van der Waals surface area contributed by atoms with Gasteiger partial charge < -0.3 is 5.11 Å². The number of aryl methyl sites for hydroxylation is 1. The van der Waals surface area contributed by atoms with Crippen molar-refractivity contribution in [1.29, 1.82) is 0 Å². The van der Waals surface area contributed by atoms with E-state index in [4.69, 9.17) is 0 Å². The van der Waals surface area contributed by atoms with Gasteiger partial charge in [-0.15, -0.1) is 0 Å². The van der Waals surface area contributed by atoms with Gasteiger partial charge in [-0.25, -0.2) is 8.42 Å². The van der Waals surface area contributed by atoms with Crippen LogP contribution < -0.4 is 0 Å². The highest BCUT2D eigenvalue weighted by molar-refractivity contribution is 7.90. The minimum Gasteiger partial charge on any atom is -0.508 e. The Morgan fingerprint density at radius 1 is 1.23 bits per heavy atom. The summed E-state index contributed by atoms with van der Waals surface area (Å²) in [4.78, 5) is 16.6. The third kappa shape index (κ3) is 3.51. The van der Waals surface area contributed by atoms with Crippen LogP contribution in [-0.2, 0) is 22.7 Å². The lowest BCUT2D eigenvalue weighted by atomic mass is 10.0. The quantitative estimate of drug-likeness (QED) is 0.854. The lowest BCUT2D eigenvalue weighted by Crippen LogP contribution is -2.10. The molecule has 0 unspecified atom stereocenters. The molecule has 0 atom stereocenters. The normalized spacial score (nSPS) is 11.4. The number of carbonyl (C=O) groups is 1. The van der Waals surface area contributed by atoms with Crippen molar-refractivity contribution in [2.75, 3.05) is 6.26 Å². The Hall–Kier alpha value is -2.21. The van der Waals surface area contributed by atoms with Gasteiger partial charge in [0.2, 0.25) is 0 Å². The molecule has 1 N–H and O–H groups in total. The number of sulfone groups is 1. The highest BCUT2D eigenvalue weighted by Gasteiger charge is 2.17. The van der Waals surface area contributed by atoms with Gasteiger partial charge in [-0.05, 0) is 36.2 Å². The highest BCUT2D eigenvalue weighted by Crippen LogP contribution is 2.23. The topological polar surface area (TPSA) is 84.3 Å². The number of aromatic hydroxyl groups is 1. The molecule has 0 aliphatic rings. The second kappa shape index (κ2) is 6.27. The van der Waals surface area contributed by atoms with E-state index in [2.05, 4.69) is 4.98 Å². The molecule has 0 saturated heterocycles. The summed E-state index contributed by atoms with van der Waals surface area (Å²) in [5, 5.41) is 9.86. The molecule has 0 spiro atoms. The second-order valence-corrected chi connectivity index (χ2v) is 7.04. The van der Waals surface area contributed by atoms with Crippen molar-refractivity contribution in [3.8, 4) is 5.75 Å². The van der Waals surface area contributed by atoms with E-state index in [-0.39, 0.29) is 28.4 Å². The Morgan fingerprint density at radius 3 is 2.59 bits per heavy atom. The lowest BCUT2D eigenvalue weighted by molar-refractivity contribution is 0.0986. The highest BCUT2D eigenvalue weighted by atomic mass is 32.2. The number of hydrogen-bond donors (Lipinski definition) is 1. The summed E-state index contributed by atoms with van der Waals surface area (Å²) in [6, 6.07) is 7.52. The first-order valence-corrected chi connectivity index (χ1v) is 8.71. The zero-order valence-corrected chi connectivity index (χ0v) is 13.2. The monoisotopic (exact) mass is 319 g/mol. The van der Waals surface area contributed by atoms with Crippen LogP contribution in [-0.4, -0.2) is 30.5 Å².